The number of fused-ring (bicyclic) bond motifs is 1. The summed E-state index contributed by atoms with van der Waals surface area (Å²) in [6.07, 6.45) is 0.494. The first kappa shape index (κ1) is 17.4. The lowest BCUT2D eigenvalue weighted by molar-refractivity contribution is 0.141. The maximum atomic E-state index is 13.5. The second kappa shape index (κ2) is 6.62. The van der Waals surface area contributed by atoms with Crippen LogP contribution in [0.3, 0.4) is 0 Å². The first-order valence-electron chi connectivity index (χ1n) is 7.82. The van der Waals surface area contributed by atoms with Gasteiger partial charge in [0.15, 0.2) is 0 Å². The molecule has 7 nitrogen and oxygen atoms in total. The number of alkyl halides is 2. The quantitative estimate of drug-likeness (QED) is 0.469. The Labute approximate surface area is 160 Å². The van der Waals surface area contributed by atoms with Crippen LogP contribution < -0.4 is 11.5 Å². The summed E-state index contributed by atoms with van der Waals surface area (Å²) >= 11 is 3.32. The molecule has 0 saturated carbocycles. The Morgan fingerprint density at radius 2 is 1.96 bits per heavy atom. The number of rotatable bonds is 4. The Bertz CT molecular complexity index is 1140. The molecule has 0 saturated heterocycles. The molecule has 27 heavy (non-hydrogen) atoms. The van der Waals surface area contributed by atoms with Crippen LogP contribution in [0, 0.1) is 0 Å². The fraction of sp³-hybridized carbons (Fsp3) is 0.118. The lowest BCUT2D eigenvalue weighted by atomic mass is 10.2. The molecule has 0 aliphatic carbocycles. The molecule has 0 fully saturated rings. The van der Waals surface area contributed by atoms with Gasteiger partial charge in [0.25, 0.3) is 6.43 Å². The fourth-order valence-corrected chi connectivity index (χ4v) is 3.21. The maximum absolute atomic E-state index is 13.5. The molecule has 0 radical (unpaired) electrons. The zero-order valence-corrected chi connectivity index (χ0v) is 15.3. The van der Waals surface area contributed by atoms with Gasteiger partial charge in [-0.15, -0.1) is 10.2 Å². The predicted molar refractivity (Wildman–Crippen MR) is 100 cm³/mol. The second-order valence-corrected chi connectivity index (χ2v) is 6.77. The van der Waals surface area contributed by atoms with Gasteiger partial charge in [-0.05, 0) is 40.2 Å². The SMILES string of the molecule is Nc1ccc2c(cc(C(F)F)n2Cc2nnc(-c3cncc(Br)c3)o2)c1N. The Kier molecular flexibility index (Phi) is 4.27. The topological polar surface area (TPSA) is 109 Å². The van der Waals surface area contributed by atoms with E-state index in [0.717, 1.165) is 4.47 Å². The summed E-state index contributed by atoms with van der Waals surface area (Å²) in [5.41, 5.74) is 13.3. The number of hydrogen-bond donors (Lipinski definition) is 2. The lowest BCUT2D eigenvalue weighted by Gasteiger charge is -2.08. The molecule has 0 atom stereocenters. The number of hydrogen-bond acceptors (Lipinski definition) is 6. The summed E-state index contributed by atoms with van der Waals surface area (Å²) in [4.78, 5) is 4.04. The zero-order chi connectivity index (χ0) is 19.1. The van der Waals surface area contributed by atoms with Gasteiger partial charge >= 0.3 is 0 Å². The molecule has 3 heterocycles. The van der Waals surface area contributed by atoms with E-state index in [1.165, 1.54) is 10.6 Å². The fourth-order valence-electron chi connectivity index (χ4n) is 2.85. The highest BCUT2D eigenvalue weighted by molar-refractivity contribution is 9.10. The van der Waals surface area contributed by atoms with E-state index in [1.807, 2.05) is 0 Å². The van der Waals surface area contributed by atoms with Gasteiger partial charge in [0, 0.05) is 22.3 Å². The van der Waals surface area contributed by atoms with E-state index in [-0.39, 0.29) is 29.7 Å². The Morgan fingerprint density at radius 1 is 1.15 bits per heavy atom. The third-order valence-electron chi connectivity index (χ3n) is 4.13. The van der Waals surface area contributed by atoms with Crippen molar-refractivity contribution >= 4 is 38.2 Å². The van der Waals surface area contributed by atoms with Gasteiger partial charge in [0.05, 0.1) is 28.1 Å². The van der Waals surface area contributed by atoms with Crippen molar-refractivity contribution < 1.29 is 13.2 Å². The molecule has 0 amide bonds. The van der Waals surface area contributed by atoms with Crippen molar-refractivity contribution in [2.75, 3.05) is 11.5 Å². The summed E-state index contributed by atoms with van der Waals surface area (Å²) in [7, 11) is 0. The van der Waals surface area contributed by atoms with E-state index >= 15 is 0 Å². The van der Waals surface area contributed by atoms with Crippen LogP contribution in [0.5, 0.6) is 0 Å². The van der Waals surface area contributed by atoms with Crippen LogP contribution in [0.2, 0.25) is 0 Å². The first-order chi connectivity index (χ1) is 12.9. The molecule has 1 aromatic carbocycles. The Morgan fingerprint density at radius 3 is 2.70 bits per heavy atom. The largest absolute Gasteiger partial charge is 0.419 e. The smallest absolute Gasteiger partial charge is 0.278 e. The van der Waals surface area contributed by atoms with Crippen molar-refractivity contribution in [3.05, 3.63) is 52.7 Å². The van der Waals surface area contributed by atoms with Gasteiger partial charge in [0.1, 0.15) is 6.54 Å². The highest BCUT2D eigenvalue weighted by Crippen LogP contribution is 2.34. The first-order valence-corrected chi connectivity index (χ1v) is 8.62. The average Bonchev–Trinajstić information content (AvgIpc) is 3.24. The molecule has 0 unspecified atom stereocenters. The monoisotopic (exact) mass is 434 g/mol. The average molecular weight is 435 g/mol. The van der Waals surface area contributed by atoms with Crippen LogP contribution in [0.25, 0.3) is 22.4 Å². The third kappa shape index (κ3) is 3.12. The van der Waals surface area contributed by atoms with Crippen LogP contribution in [-0.4, -0.2) is 19.7 Å². The van der Waals surface area contributed by atoms with Gasteiger partial charge in [-0.1, -0.05) is 0 Å². The van der Waals surface area contributed by atoms with Gasteiger partial charge in [-0.25, -0.2) is 8.78 Å². The summed E-state index contributed by atoms with van der Waals surface area (Å²) in [6.45, 7) is -0.0268. The van der Waals surface area contributed by atoms with Crippen LogP contribution >= 0.6 is 15.9 Å². The molecular weight excluding hydrogens is 422 g/mol. The molecule has 4 rings (SSSR count). The Balaban J connectivity index is 1.76. The van der Waals surface area contributed by atoms with Crippen LogP contribution in [0.4, 0.5) is 20.2 Å². The van der Waals surface area contributed by atoms with Gasteiger partial charge in [0.2, 0.25) is 11.8 Å². The van der Waals surface area contributed by atoms with Gasteiger partial charge < -0.3 is 20.5 Å². The highest BCUT2D eigenvalue weighted by atomic mass is 79.9. The second-order valence-electron chi connectivity index (χ2n) is 5.85. The Hall–Kier alpha value is -3.01. The number of aromatic nitrogens is 4. The minimum absolute atomic E-state index is 0.0268. The number of benzene rings is 1. The molecule has 3 aromatic heterocycles. The summed E-state index contributed by atoms with van der Waals surface area (Å²) in [5.74, 6) is 0.428. The molecule has 4 N–H and O–H groups in total. The van der Waals surface area contributed by atoms with Crippen LogP contribution in [-0.2, 0) is 6.54 Å². The number of nitrogens with two attached hydrogens (primary N) is 2. The van der Waals surface area contributed by atoms with Crippen molar-refractivity contribution in [2.24, 2.45) is 0 Å². The van der Waals surface area contributed by atoms with Crippen LogP contribution in [0.1, 0.15) is 18.0 Å². The summed E-state index contributed by atoms with van der Waals surface area (Å²) in [5, 5.41) is 8.39. The molecule has 138 valence electrons. The van der Waals surface area contributed by atoms with Crippen molar-refractivity contribution in [1.82, 2.24) is 19.7 Å². The van der Waals surface area contributed by atoms with E-state index in [4.69, 9.17) is 15.9 Å². The number of pyridine rings is 1. The van der Waals surface area contributed by atoms with Crippen molar-refractivity contribution in [3.8, 4) is 11.5 Å². The zero-order valence-electron chi connectivity index (χ0n) is 13.7. The van der Waals surface area contributed by atoms with Crippen molar-refractivity contribution in [3.63, 3.8) is 0 Å². The maximum Gasteiger partial charge on any atom is 0.278 e. The summed E-state index contributed by atoms with van der Waals surface area (Å²) in [6, 6.07) is 6.32. The van der Waals surface area contributed by atoms with E-state index in [2.05, 4.69) is 31.1 Å². The normalized spacial score (nSPS) is 11.6. The van der Waals surface area contributed by atoms with Crippen molar-refractivity contribution in [2.45, 2.75) is 13.0 Å². The van der Waals surface area contributed by atoms with E-state index in [9.17, 15) is 8.78 Å². The molecule has 10 heteroatoms. The van der Waals surface area contributed by atoms with Gasteiger partial charge in [-0.2, -0.15) is 0 Å². The van der Waals surface area contributed by atoms with Crippen LogP contribution in [0.15, 0.2) is 45.5 Å². The molecule has 0 aliphatic heterocycles. The number of nitrogen functional groups attached to an aromatic ring is 2. The molecular formula is C17H13BrF2N6O. The number of anilines is 2. The lowest BCUT2D eigenvalue weighted by Crippen LogP contribution is -2.05. The summed E-state index contributed by atoms with van der Waals surface area (Å²) < 4.78 is 34.9. The molecule has 0 bridgehead atoms. The highest BCUT2D eigenvalue weighted by Gasteiger charge is 2.21. The van der Waals surface area contributed by atoms with E-state index in [1.54, 1.807) is 30.6 Å². The molecule has 0 spiro atoms. The third-order valence-corrected chi connectivity index (χ3v) is 4.56. The standard InChI is InChI=1S/C17H13BrF2N6O/c18-9-3-8(5-23-6-9)17-25-24-14(27-17)7-26-12-2-1-11(21)15(22)10(12)4-13(26)16(19)20/h1-6,16H,7,21-22H2. The minimum Gasteiger partial charge on any atom is -0.419 e. The predicted octanol–water partition coefficient (Wildman–Crippen LogP) is 4.00. The van der Waals surface area contributed by atoms with Crippen molar-refractivity contribution in [1.29, 1.82) is 0 Å². The molecule has 4 aromatic rings. The van der Waals surface area contributed by atoms with E-state index in [0.29, 0.717) is 22.2 Å². The molecule has 0 aliphatic rings. The van der Waals surface area contributed by atoms with E-state index < -0.39 is 6.43 Å². The van der Waals surface area contributed by atoms with Gasteiger partial charge in [-0.3, -0.25) is 4.98 Å². The number of halogens is 3. The minimum atomic E-state index is -2.70. The number of nitrogens with zero attached hydrogens (tertiary/aromatic N) is 4.